The van der Waals surface area contributed by atoms with E-state index < -0.39 is 0 Å². The van der Waals surface area contributed by atoms with Crippen LogP contribution in [-0.2, 0) is 11.3 Å². The highest BCUT2D eigenvalue weighted by Crippen LogP contribution is 2.32. The zero-order chi connectivity index (χ0) is 28.2. The number of aromatic nitrogens is 4. The topological polar surface area (TPSA) is 127 Å². The van der Waals surface area contributed by atoms with E-state index in [-0.39, 0.29) is 36.3 Å². The van der Waals surface area contributed by atoms with E-state index in [9.17, 15) is 9.59 Å². The van der Waals surface area contributed by atoms with Crippen LogP contribution >= 0.6 is 11.6 Å². The number of urea groups is 1. The van der Waals surface area contributed by atoms with Gasteiger partial charge in [-0.15, -0.1) is 0 Å². The Morgan fingerprint density at radius 2 is 1.88 bits per heavy atom. The normalized spacial score (nSPS) is 16.0. The van der Waals surface area contributed by atoms with E-state index in [2.05, 4.69) is 20.6 Å². The van der Waals surface area contributed by atoms with Crippen molar-refractivity contribution in [3.8, 4) is 17.4 Å². The van der Waals surface area contributed by atoms with Gasteiger partial charge in [0, 0.05) is 56.7 Å². The smallest absolute Gasteiger partial charge is 0.321 e. The molecule has 2 aliphatic heterocycles. The lowest BCUT2D eigenvalue weighted by atomic mass is 10.1. The molecule has 13 heteroatoms. The number of ether oxygens (including phenoxy) is 2. The summed E-state index contributed by atoms with van der Waals surface area (Å²) in [6.45, 7) is 1.68. The van der Waals surface area contributed by atoms with Gasteiger partial charge in [0.25, 0.3) is 0 Å². The molecular formula is C28H27ClN8O4. The Bertz CT molecular complexity index is 1540. The van der Waals surface area contributed by atoms with Gasteiger partial charge in [-0.3, -0.25) is 9.36 Å². The number of imidazole rings is 1. The zero-order valence-corrected chi connectivity index (χ0v) is 22.7. The molecule has 4 heterocycles. The summed E-state index contributed by atoms with van der Waals surface area (Å²) in [6, 6.07) is 15.9. The summed E-state index contributed by atoms with van der Waals surface area (Å²) in [5, 5.41) is 6.18. The molecule has 2 aromatic heterocycles. The molecule has 6 rings (SSSR count). The number of rotatable bonds is 7. The van der Waals surface area contributed by atoms with Crippen molar-refractivity contribution in [1.29, 1.82) is 0 Å². The fourth-order valence-electron chi connectivity index (χ4n) is 4.81. The Kier molecular flexibility index (Phi) is 7.54. The summed E-state index contributed by atoms with van der Waals surface area (Å²) in [5.41, 5.74) is 1.59. The van der Waals surface area contributed by atoms with Crippen LogP contribution in [0, 0.1) is 0 Å². The first-order chi connectivity index (χ1) is 20.0. The fraction of sp³-hybridized carbons (Fsp3) is 0.250. The molecule has 0 saturated carbocycles. The Morgan fingerprint density at radius 3 is 2.71 bits per heavy atom. The molecule has 0 spiro atoms. The first-order valence-corrected chi connectivity index (χ1v) is 13.5. The number of nitrogens with zero attached hydrogens (tertiary/aromatic N) is 6. The number of halogens is 1. The SMILES string of the molecule is O=C(CC1CN(C(=O)Nc2ccccc2)CCN1c1cc(Cl)nc(-n2ccnc2)n1)NCc1ccc2c(c1)OCO2. The molecular weight excluding hydrogens is 548 g/mol. The van der Waals surface area contributed by atoms with Gasteiger partial charge >= 0.3 is 6.03 Å². The van der Waals surface area contributed by atoms with Gasteiger partial charge in [-0.2, -0.15) is 4.98 Å². The van der Waals surface area contributed by atoms with Crippen molar-refractivity contribution in [2.45, 2.75) is 19.0 Å². The average molecular weight is 575 g/mol. The second-order valence-electron chi connectivity index (χ2n) is 9.58. The fourth-order valence-corrected chi connectivity index (χ4v) is 4.99. The van der Waals surface area contributed by atoms with Crippen molar-refractivity contribution in [3.63, 3.8) is 0 Å². The Labute approximate surface area is 240 Å². The van der Waals surface area contributed by atoms with Crippen LogP contribution in [0.1, 0.15) is 12.0 Å². The molecule has 2 N–H and O–H groups in total. The summed E-state index contributed by atoms with van der Waals surface area (Å²) in [6.07, 6.45) is 5.06. The predicted octanol–water partition coefficient (Wildman–Crippen LogP) is 3.47. The van der Waals surface area contributed by atoms with Crippen LogP contribution in [0.5, 0.6) is 11.5 Å². The molecule has 0 radical (unpaired) electrons. The monoisotopic (exact) mass is 574 g/mol. The number of para-hydroxylation sites is 1. The maximum Gasteiger partial charge on any atom is 0.321 e. The predicted molar refractivity (Wildman–Crippen MR) is 151 cm³/mol. The molecule has 1 fully saturated rings. The third-order valence-corrected chi connectivity index (χ3v) is 7.04. The van der Waals surface area contributed by atoms with Crippen LogP contribution in [0.3, 0.4) is 0 Å². The summed E-state index contributed by atoms with van der Waals surface area (Å²) < 4.78 is 12.5. The molecule has 1 unspecified atom stereocenters. The Balaban J connectivity index is 1.19. The number of nitrogens with one attached hydrogen (secondary N) is 2. The average Bonchev–Trinajstić information content (AvgIpc) is 3.69. The van der Waals surface area contributed by atoms with Gasteiger partial charge in [-0.1, -0.05) is 35.9 Å². The molecule has 2 aromatic carbocycles. The number of hydrogen-bond donors (Lipinski definition) is 2. The van der Waals surface area contributed by atoms with Crippen LogP contribution in [0.2, 0.25) is 5.15 Å². The molecule has 1 atom stereocenters. The van der Waals surface area contributed by atoms with Gasteiger partial charge < -0.3 is 29.9 Å². The molecule has 1 saturated heterocycles. The molecule has 0 aliphatic carbocycles. The summed E-state index contributed by atoms with van der Waals surface area (Å²) >= 11 is 6.38. The maximum atomic E-state index is 13.2. The quantitative estimate of drug-likeness (QED) is 0.321. The molecule has 3 amide bonds. The van der Waals surface area contributed by atoms with Gasteiger partial charge in [0.15, 0.2) is 11.5 Å². The number of carbonyl (C=O) groups excluding carboxylic acids is 2. The van der Waals surface area contributed by atoms with Crippen molar-refractivity contribution < 1.29 is 19.1 Å². The van der Waals surface area contributed by atoms with Gasteiger partial charge in [-0.05, 0) is 29.8 Å². The third-order valence-electron chi connectivity index (χ3n) is 6.84. The summed E-state index contributed by atoms with van der Waals surface area (Å²) in [7, 11) is 0. The molecule has 41 heavy (non-hydrogen) atoms. The zero-order valence-electron chi connectivity index (χ0n) is 21.9. The van der Waals surface area contributed by atoms with Crippen LogP contribution in [-0.4, -0.2) is 68.8 Å². The lowest BCUT2D eigenvalue weighted by Gasteiger charge is -2.42. The summed E-state index contributed by atoms with van der Waals surface area (Å²) in [5.74, 6) is 2.10. The van der Waals surface area contributed by atoms with E-state index in [1.54, 1.807) is 34.3 Å². The number of piperazine rings is 1. The van der Waals surface area contributed by atoms with Crippen molar-refractivity contribution in [2.24, 2.45) is 0 Å². The van der Waals surface area contributed by atoms with Gasteiger partial charge in [0.1, 0.15) is 17.3 Å². The highest BCUT2D eigenvalue weighted by Gasteiger charge is 2.32. The minimum Gasteiger partial charge on any atom is -0.454 e. The van der Waals surface area contributed by atoms with Gasteiger partial charge in [0.05, 0.1) is 6.04 Å². The van der Waals surface area contributed by atoms with Gasteiger partial charge in [-0.25, -0.2) is 14.8 Å². The van der Waals surface area contributed by atoms with E-state index in [0.29, 0.717) is 55.1 Å². The van der Waals surface area contributed by atoms with Crippen LogP contribution in [0.4, 0.5) is 16.3 Å². The Morgan fingerprint density at radius 1 is 1.02 bits per heavy atom. The molecule has 0 bridgehead atoms. The maximum absolute atomic E-state index is 13.2. The first kappa shape index (κ1) is 26.4. The number of hydrogen-bond acceptors (Lipinski definition) is 8. The molecule has 4 aromatic rings. The molecule has 2 aliphatic rings. The molecule has 12 nitrogen and oxygen atoms in total. The number of carbonyl (C=O) groups is 2. The number of anilines is 2. The highest BCUT2D eigenvalue weighted by molar-refractivity contribution is 6.29. The van der Waals surface area contributed by atoms with E-state index in [0.717, 1.165) is 5.56 Å². The van der Waals surface area contributed by atoms with E-state index in [1.165, 1.54) is 0 Å². The standard InChI is InChI=1S/C28H27ClN8O4/c29-24-14-25(34-27(33-24)36-9-8-30-17-36)37-11-10-35(28(39)32-20-4-2-1-3-5-20)16-21(37)13-26(38)31-15-19-6-7-22-23(12-19)41-18-40-22/h1-9,12,14,17,21H,10-11,13,15-16,18H2,(H,31,38)(H,32,39). The second kappa shape index (κ2) is 11.7. The first-order valence-electron chi connectivity index (χ1n) is 13.1. The lowest BCUT2D eigenvalue weighted by molar-refractivity contribution is -0.121. The van der Waals surface area contributed by atoms with Crippen LogP contribution in [0.25, 0.3) is 5.95 Å². The van der Waals surface area contributed by atoms with Crippen molar-refractivity contribution in [2.75, 3.05) is 36.6 Å². The van der Waals surface area contributed by atoms with E-state index in [4.69, 9.17) is 26.1 Å². The van der Waals surface area contributed by atoms with Crippen molar-refractivity contribution in [1.82, 2.24) is 29.7 Å². The largest absolute Gasteiger partial charge is 0.454 e. The minimum absolute atomic E-state index is 0.127. The lowest BCUT2D eigenvalue weighted by Crippen LogP contribution is -2.57. The Hall–Kier alpha value is -4.84. The van der Waals surface area contributed by atoms with E-state index in [1.807, 2.05) is 53.4 Å². The van der Waals surface area contributed by atoms with Crippen molar-refractivity contribution >= 4 is 35.0 Å². The third kappa shape index (κ3) is 6.17. The van der Waals surface area contributed by atoms with Crippen LogP contribution < -0.4 is 25.0 Å². The number of fused-ring (bicyclic) bond motifs is 1. The second-order valence-corrected chi connectivity index (χ2v) is 9.96. The van der Waals surface area contributed by atoms with E-state index >= 15 is 0 Å². The highest BCUT2D eigenvalue weighted by atomic mass is 35.5. The molecule has 210 valence electrons. The number of amides is 3. The van der Waals surface area contributed by atoms with Gasteiger partial charge in [0.2, 0.25) is 18.6 Å². The minimum atomic E-state index is -0.372. The van der Waals surface area contributed by atoms with Crippen LogP contribution in [0.15, 0.2) is 73.3 Å². The summed E-state index contributed by atoms with van der Waals surface area (Å²) in [4.78, 5) is 43.1. The van der Waals surface area contributed by atoms with Crippen molar-refractivity contribution in [3.05, 3.63) is 84.0 Å². The number of benzene rings is 2.